The molecule has 0 aromatic heterocycles. The van der Waals surface area contributed by atoms with Crippen LogP contribution in [0.2, 0.25) is 0 Å². The molecule has 0 saturated heterocycles. The van der Waals surface area contributed by atoms with E-state index in [4.69, 9.17) is 0 Å². The first kappa shape index (κ1) is 15.6. The van der Waals surface area contributed by atoms with Crippen LogP contribution in [0.3, 0.4) is 0 Å². The zero-order chi connectivity index (χ0) is 14.5. The second-order valence-corrected chi connectivity index (χ2v) is 6.77. The van der Waals surface area contributed by atoms with Gasteiger partial charge in [0.25, 0.3) is 0 Å². The van der Waals surface area contributed by atoms with Crippen LogP contribution in [-0.4, -0.2) is 12.6 Å². The van der Waals surface area contributed by atoms with Gasteiger partial charge in [-0.2, -0.15) is 0 Å². The zero-order valence-corrected chi connectivity index (χ0v) is 13.7. The van der Waals surface area contributed by atoms with E-state index in [0.29, 0.717) is 6.04 Å². The van der Waals surface area contributed by atoms with Gasteiger partial charge in [0.15, 0.2) is 0 Å². The van der Waals surface area contributed by atoms with E-state index in [1.807, 2.05) is 0 Å². The van der Waals surface area contributed by atoms with E-state index in [9.17, 15) is 0 Å². The van der Waals surface area contributed by atoms with Crippen molar-refractivity contribution < 1.29 is 0 Å². The molecule has 1 saturated carbocycles. The summed E-state index contributed by atoms with van der Waals surface area (Å²) in [7, 11) is 0. The molecule has 1 fully saturated rings. The van der Waals surface area contributed by atoms with Gasteiger partial charge in [-0.15, -0.1) is 0 Å². The van der Waals surface area contributed by atoms with Gasteiger partial charge in [-0.25, -0.2) is 0 Å². The smallest absolute Gasteiger partial charge is 0.0138 e. The lowest BCUT2D eigenvalue weighted by atomic mass is 9.85. The summed E-state index contributed by atoms with van der Waals surface area (Å²) in [6.45, 7) is 10.3. The van der Waals surface area contributed by atoms with Crippen LogP contribution in [0.4, 0.5) is 0 Å². The van der Waals surface area contributed by atoms with E-state index in [0.717, 1.165) is 18.4 Å². The van der Waals surface area contributed by atoms with E-state index in [1.54, 1.807) is 0 Å². The van der Waals surface area contributed by atoms with Crippen LogP contribution < -0.4 is 5.32 Å². The Balaban J connectivity index is 2.12. The predicted octanol–water partition coefficient (Wildman–Crippen LogP) is 4.65. The van der Waals surface area contributed by atoms with Gasteiger partial charge in [0, 0.05) is 6.04 Å². The summed E-state index contributed by atoms with van der Waals surface area (Å²) in [6.07, 6.45) is 6.67. The summed E-state index contributed by atoms with van der Waals surface area (Å²) in [4.78, 5) is 0. The lowest BCUT2D eigenvalue weighted by molar-refractivity contribution is 0.295. The molecule has 1 aliphatic rings. The molecule has 3 atom stereocenters. The molecule has 1 aromatic rings. The quantitative estimate of drug-likeness (QED) is 0.795. The van der Waals surface area contributed by atoms with Crippen LogP contribution >= 0.6 is 0 Å². The predicted molar refractivity (Wildman–Crippen MR) is 88.2 cm³/mol. The zero-order valence-electron chi connectivity index (χ0n) is 13.7. The van der Waals surface area contributed by atoms with Crippen molar-refractivity contribution in [2.45, 2.75) is 65.8 Å². The lowest BCUT2D eigenvalue weighted by Crippen LogP contribution is -2.39. The van der Waals surface area contributed by atoms with Crippen LogP contribution in [-0.2, 0) is 6.42 Å². The molecule has 0 radical (unpaired) electrons. The van der Waals surface area contributed by atoms with E-state index < -0.39 is 0 Å². The van der Waals surface area contributed by atoms with Crippen LogP contribution in [0.15, 0.2) is 18.2 Å². The molecule has 2 rings (SSSR count). The highest BCUT2D eigenvalue weighted by Gasteiger charge is 2.30. The highest BCUT2D eigenvalue weighted by atomic mass is 14.9. The van der Waals surface area contributed by atoms with Crippen LogP contribution in [0, 0.1) is 25.7 Å². The Morgan fingerprint density at radius 1 is 1.25 bits per heavy atom. The fourth-order valence-electron chi connectivity index (χ4n) is 3.73. The van der Waals surface area contributed by atoms with E-state index >= 15 is 0 Å². The number of hydrogen-bond donors (Lipinski definition) is 1. The minimum Gasteiger partial charge on any atom is -0.313 e. The fraction of sp³-hybridized carbons (Fsp3) is 0.684. The third kappa shape index (κ3) is 3.85. The Morgan fingerprint density at radius 3 is 2.70 bits per heavy atom. The monoisotopic (exact) mass is 273 g/mol. The number of nitrogens with one attached hydrogen (secondary N) is 1. The Hall–Kier alpha value is -0.820. The summed E-state index contributed by atoms with van der Waals surface area (Å²) >= 11 is 0. The number of hydrogen-bond acceptors (Lipinski definition) is 1. The SMILES string of the molecule is CCCNC(Cc1cc(C)ccc1C)C1CCCC1C. The lowest BCUT2D eigenvalue weighted by Gasteiger charge is -2.29. The topological polar surface area (TPSA) is 12.0 Å². The normalized spacial score (nSPS) is 24.0. The van der Waals surface area contributed by atoms with Crippen molar-refractivity contribution in [2.24, 2.45) is 11.8 Å². The maximum atomic E-state index is 3.84. The molecule has 0 heterocycles. The van der Waals surface area contributed by atoms with E-state index in [-0.39, 0.29) is 0 Å². The van der Waals surface area contributed by atoms with Crippen molar-refractivity contribution in [2.75, 3.05) is 6.54 Å². The van der Waals surface area contributed by atoms with Crippen molar-refractivity contribution >= 4 is 0 Å². The molecule has 0 aliphatic heterocycles. The molecule has 3 unspecified atom stereocenters. The minimum atomic E-state index is 0.660. The second kappa shape index (κ2) is 7.26. The van der Waals surface area contributed by atoms with Gasteiger partial charge < -0.3 is 5.32 Å². The molecule has 1 heteroatoms. The van der Waals surface area contributed by atoms with Crippen LogP contribution in [0.5, 0.6) is 0 Å². The summed E-state index contributed by atoms with van der Waals surface area (Å²) < 4.78 is 0. The second-order valence-electron chi connectivity index (χ2n) is 6.77. The van der Waals surface area contributed by atoms with E-state index in [1.165, 1.54) is 48.8 Å². The molecule has 1 aromatic carbocycles. The standard InChI is InChI=1S/C19H31N/c1-5-11-20-19(18-8-6-7-16(18)4)13-17-12-14(2)9-10-15(17)3/h9-10,12,16,18-20H,5-8,11,13H2,1-4H3. The molecular weight excluding hydrogens is 242 g/mol. The first-order valence-corrected chi connectivity index (χ1v) is 8.41. The molecule has 1 aliphatic carbocycles. The molecule has 0 amide bonds. The van der Waals surface area contributed by atoms with Gasteiger partial charge >= 0.3 is 0 Å². The average molecular weight is 273 g/mol. The van der Waals surface area contributed by atoms with Crippen molar-refractivity contribution in [1.82, 2.24) is 5.32 Å². The average Bonchev–Trinajstić information content (AvgIpc) is 2.84. The number of rotatable bonds is 6. The van der Waals surface area contributed by atoms with Crippen molar-refractivity contribution in [1.29, 1.82) is 0 Å². The fourth-order valence-corrected chi connectivity index (χ4v) is 3.73. The molecule has 1 nitrogen and oxygen atoms in total. The maximum absolute atomic E-state index is 3.84. The summed E-state index contributed by atoms with van der Waals surface area (Å²) in [5.41, 5.74) is 4.38. The third-order valence-electron chi connectivity index (χ3n) is 5.05. The van der Waals surface area contributed by atoms with Crippen molar-refractivity contribution in [3.63, 3.8) is 0 Å². The summed E-state index contributed by atoms with van der Waals surface area (Å²) in [5.74, 6) is 1.75. The highest BCUT2D eigenvalue weighted by molar-refractivity contribution is 5.31. The minimum absolute atomic E-state index is 0.660. The van der Waals surface area contributed by atoms with Crippen molar-refractivity contribution in [3.05, 3.63) is 34.9 Å². The third-order valence-corrected chi connectivity index (χ3v) is 5.05. The summed E-state index contributed by atoms with van der Waals surface area (Å²) in [6, 6.07) is 7.55. The van der Waals surface area contributed by atoms with Gasteiger partial charge in [0.05, 0.1) is 0 Å². The number of benzene rings is 1. The van der Waals surface area contributed by atoms with Gasteiger partial charge in [0.2, 0.25) is 0 Å². The Morgan fingerprint density at radius 2 is 2.05 bits per heavy atom. The van der Waals surface area contributed by atoms with Crippen LogP contribution in [0.25, 0.3) is 0 Å². The van der Waals surface area contributed by atoms with Gasteiger partial charge in [-0.1, -0.05) is 50.5 Å². The Bertz CT molecular complexity index is 424. The molecule has 20 heavy (non-hydrogen) atoms. The molecule has 112 valence electrons. The Labute approximate surface area is 125 Å². The van der Waals surface area contributed by atoms with Crippen LogP contribution in [0.1, 0.15) is 56.2 Å². The van der Waals surface area contributed by atoms with Gasteiger partial charge in [-0.05, 0) is 62.6 Å². The maximum Gasteiger partial charge on any atom is 0.0138 e. The number of aryl methyl sites for hydroxylation is 2. The summed E-state index contributed by atoms with van der Waals surface area (Å²) in [5, 5.41) is 3.84. The first-order valence-electron chi connectivity index (χ1n) is 8.41. The van der Waals surface area contributed by atoms with E-state index in [2.05, 4.69) is 51.2 Å². The largest absolute Gasteiger partial charge is 0.313 e. The highest BCUT2D eigenvalue weighted by Crippen LogP contribution is 2.35. The molecule has 0 spiro atoms. The molecule has 1 N–H and O–H groups in total. The van der Waals surface area contributed by atoms with Gasteiger partial charge in [0.1, 0.15) is 0 Å². The molecular formula is C19H31N. The van der Waals surface area contributed by atoms with Gasteiger partial charge in [-0.3, -0.25) is 0 Å². The van der Waals surface area contributed by atoms with Crippen molar-refractivity contribution in [3.8, 4) is 0 Å². The first-order chi connectivity index (χ1) is 9.61. The Kier molecular flexibility index (Phi) is 5.65. The molecule has 0 bridgehead atoms.